The van der Waals surface area contributed by atoms with Crippen LogP contribution in [-0.4, -0.2) is 34.2 Å². The normalized spacial score (nSPS) is 12.5. The fourth-order valence-electron chi connectivity index (χ4n) is 2.80. The van der Waals surface area contributed by atoms with Gasteiger partial charge in [-0.15, -0.1) is 0 Å². The second-order valence-electron chi connectivity index (χ2n) is 7.64. The number of aromatic nitrogens is 3. The minimum Gasteiger partial charge on any atom is -0.361 e. The van der Waals surface area contributed by atoms with E-state index in [0.29, 0.717) is 30.8 Å². The number of nitrogens with zero attached hydrogens (tertiary/aromatic N) is 3. The van der Waals surface area contributed by atoms with Crippen LogP contribution >= 0.6 is 0 Å². The molecular formula is C20H27FN6O. The number of nitrogens with one attached hydrogen (secondary N) is 3. The van der Waals surface area contributed by atoms with Crippen LogP contribution in [0, 0.1) is 5.82 Å². The van der Waals surface area contributed by atoms with Crippen LogP contribution < -0.4 is 10.6 Å². The highest BCUT2D eigenvalue weighted by molar-refractivity contribution is 5.83. The topological polar surface area (TPSA) is 91.1 Å². The molecule has 0 saturated carbocycles. The van der Waals surface area contributed by atoms with E-state index >= 15 is 0 Å². The maximum atomic E-state index is 13.3. The highest BCUT2D eigenvalue weighted by atomic mass is 19.1. The summed E-state index contributed by atoms with van der Waals surface area (Å²) in [4.78, 5) is 12.0. The summed E-state index contributed by atoms with van der Waals surface area (Å²) < 4.78 is 18.6. The zero-order valence-corrected chi connectivity index (χ0v) is 16.8. The molecule has 0 unspecified atom stereocenters. The molecular weight excluding hydrogens is 359 g/mol. The lowest BCUT2D eigenvalue weighted by Gasteiger charge is -2.11. The zero-order valence-electron chi connectivity index (χ0n) is 16.8. The second kappa shape index (κ2) is 8.41. The lowest BCUT2D eigenvalue weighted by atomic mass is 9.97. The summed E-state index contributed by atoms with van der Waals surface area (Å²) in [5, 5.41) is 11.5. The lowest BCUT2D eigenvalue weighted by molar-refractivity contribution is 0.318. The van der Waals surface area contributed by atoms with E-state index in [1.54, 1.807) is 6.07 Å². The summed E-state index contributed by atoms with van der Waals surface area (Å²) in [5.74, 6) is 1.61. The van der Waals surface area contributed by atoms with Gasteiger partial charge in [0.25, 0.3) is 0 Å². The Labute approximate surface area is 163 Å². The smallest absolute Gasteiger partial charge is 0.232 e. The van der Waals surface area contributed by atoms with E-state index in [1.165, 1.54) is 12.1 Å². The third-order valence-corrected chi connectivity index (χ3v) is 4.25. The van der Waals surface area contributed by atoms with Gasteiger partial charge in [0, 0.05) is 35.6 Å². The molecule has 8 heteroatoms. The lowest BCUT2D eigenvalue weighted by Crippen LogP contribution is -2.38. The molecule has 0 fully saturated rings. The van der Waals surface area contributed by atoms with Crippen LogP contribution in [0.25, 0.3) is 10.9 Å². The van der Waals surface area contributed by atoms with E-state index in [9.17, 15) is 4.39 Å². The number of rotatable bonds is 6. The van der Waals surface area contributed by atoms with Gasteiger partial charge >= 0.3 is 0 Å². The van der Waals surface area contributed by atoms with Gasteiger partial charge in [0.05, 0.1) is 0 Å². The van der Waals surface area contributed by atoms with E-state index in [0.717, 1.165) is 29.4 Å². The molecule has 3 aromatic rings. The van der Waals surface area contributed by atoms with Gasteiger partial charge in [-0.1, -0.05) is 25.9 Å². The fourth-order valence-corrected chi connectivity index (χ4v) is 2.80. The van der Waals surface area contributed by atoms with Crippen LogP contribution in [0.4, 0.5) is 4.39 Å². The summed E-state index contributed by atoms with van der Waals surface area (Å²) in [6.45, 7) is 9.86. The summed E-state index contributed by atoms with van der Waals surface area (Å²) in [6.07, 6.45) is 2.70. The van der Waals surface area contributed by atoms with Gasteiger partial charge in [0.15, 0.2) is 11.8 Å². The molecule has 7 nitrogen and oxygen atoms in total. The van der Waals surface area contributed by atoms with E-state index in [-0.39, 0.29) is 11.2 Å². The first-order valence-corrected chi connectivity index (χ1v) is 9.47. The molecule has 0 radical (unpaired) electrons. The van der Waals surface area contributed by atoms with Gasteiger partial charge < -0.3 is 20.1 Å². The summed E-state index contributed by atoms with van der Waals surface area (Å²) in [6, 6.07) is 4.79. The molecule has 0 spiro atoms. The standard InChI is InChI=1S/C20H27FN6O/c1-5-22-19(25-12-17-26-18(28-27-17)20(2,3)4)23-9-8-13-11-24-16-10-14(21)6-7-15(13)16/h6-7,10-11,24H,5,8-9,12H2,1-4H3,(H2,22,23,25). The molecule has 150 valence electrons. The highest BCUT2D eigenvalue weighted by Crippen LogP contribution is 2.20. The van der Waals surface area contributed by atoms with Crippen LogP contribution in [0.3, 0.4) is 0 Å². The van der Waals surface area contributed by atoms with E-state index in [1.807, 2.05) is 33.9 Å². The van der Waals surface area contributed by atoms with Gasteiger partial charge in [-0.3, -0.25) is 0 Å². The SMILES string of the molecule is CCNC(=NCc1noc(C(C)(C)C)n1)NCCc1c[nH]c2cc(F)ccc12. The summed E-state index contributed by atoms with van der Waals surface area (Å²) in [7, 11) is 0. The Morgan fingerprint density at radius 2 is 2.11 bits per heavy atom. The molecule has 2 heterocycles. The van der Waals surface area contributed by atoms with Crippen molar-refractivity contribution in [2.24, 2.45) is 4.99 Å². The molecule has 0 saturated heterocycles. The first-order valence-electron chi connectivity index (χ1n) is 9.47. The van der Waals surface area contributed by atoms with Crippen molar-refractivity contribution < 1.29 is 8.91 Å². The maximum absolute atomic E-state index is 13.3. The number of hydrogen-bond acceptors (Lipinski definition) is 4. The van der Waals surface area contributed by atoms with E-state index in [2.05, 4.69) is 30.8 Å². The van der Waals surface area contributed by atoms with Crippen molar-refractivity contribution in [3.8, 4) is 0 Å². The van der Waals surface area contributed by atoms with Crippen LogP contribution in [-0.2, 0) is 18.4 Å². The van der Waals surface area contributed by atoms with Crippen LogP contribution in [0.2, 0.25) is 0 Å². The molecule has 1 aromatic carbocycles. The zero-order chi connectivity index (χ0) is 20.1. The maximum Gasteiger partial charge on any atom is 0.232 e. The Morgan fingerprint density at radius 1 is 1.29 bits per heavy atom. The van der Waals surface area contributed by atoms with E-state index < -0.39 is 0 Å². The Morgan fingerprint density at radius 3 is 2.82 bits per heavy atom. The fraction of sp³-hybridized carbons (Fsp3) is 0.450. The molecule has 0 amide bonds. The molecule has 3 N–H and O–H groups in total. The number of guanidine groups is 1. The molecule has 0 aliphatic heterocycles. The number of aromatic amines is 1. The molecule has 0 aliphatic rings. The van der Waals surface area contributed by atoms with Crippen molar-refractivity contribution in [2.75, 3.05) is 13.1 Å². The summed E-state index contributed by atoms with van der Waals surface area (Å²) in [5.41, 5.74) is 1.76. The van der Waals surface area contributed by atoms with Crippen molar-refractivity contribution in [1.82, 2.24) is 25.8 Å². The third-order valence-electron chi connectivity index (χ3n) is 4.25. The Hall–Kier alpha value is -2.90. The predicted molar refractivity (Wildman–Crippen MR) is 108 cm³/mol. The number of aliphatic imine (C=N–C) groups is 1. The largest absolute Gasteiger partial charge is 0.361 e. The Bertz CT molecular complexity index is 953. The monoisotopic (exact) mass is 386 g/mol. The second-order valence-corrected chi connectivity index (χ2v) is 7.64. The van der Waals surface area contributed by atoms with Crippen molar-refractivity contribution in [3.63, 3.8) is 0 Å². The molecule has 0 bridgehead atoms. The molecule has 0 aliphatic carbocycles. The number of halogens is 1. The quantitative estimate of drug-likeness (QED) is 0.447. The number of benzene rings is 1. The van der Waals surface area contributed by atoms with Gasteiger partial charge in [-0.25, -0.2) is 9.38 Å². The van der Waals surface area contributed by atoms with Crippen molar-refractivity contribution in [2.45, 2.75) is 46.1 Å². The van der Waals surface area contributed by atoms with E-state index in [4.69, 9.17) is 4.52 Å². The average Bonchev–Trinajstić information content (AvgIpc) is 3.26. The number of H-pyrrole nitrogens is 1. The first-order chi connectivity index (χ1) is 13.4. The number of hydrogen-bond donors (Lipinski definition) is 3. The van der Waals surface area contributed by atoms with Crippen LogP contribution in [0.15, 0.2) is 33.9 Å². The van der Waals surface area contributed by atoms with Crippen molar-refractivity contribution >= 4 is 16.9 Å². The minimum atomic E-state index is -0.239. The molecule has 28 heavy (non-hydrogen) atoms. The molecule has 3 rings (SSSR count). The van der Waals surface area contributed by atoms with Crippen molar-refractivity contribution in [3.05, 3.63) is 47.5 Å². The summed E-state index contributed by atoms with van der Waals surface area (Å²) >= 11 is 0. The Kier molecular flexibility index (Phi) is 5.96. The van der Waals surface area contributed by atoms with Crippen molar-refractivity contribution in [1.29, 1.82) is 0 Å². The highest BCUT2D eigenvalue weighted by Gasteiger charge is 2.21. The van der Waals surface area contributed by atoms with Gasteiger partial charge in [-0.2, -0.15) is 4.98 Å². The predicted octanol–water partition coefficient (Wildman–Crippen LogP) is 3.29. The van der Waals surface area contributed by atoms with Gasteiger partial charge in [0.1, 0.15) is 12.4 Å². The van der Waals surface area contributed by atoms with Crippen LogP contribution in [0.1, 0.15) is 45.0 Å². The van der Waals surface area contributed by atoms with Crippen LogP contribution in [0.5, 0.6) is 0 Å². The third kappa shape index (κ3) is 4.88. The van der Waals surface area contributed by atoms with Gasteiger partial charge in [0.2, 0.25) is 5.89 Å². The van der Waals surface area contributed by atoms with Gasteiger partial charge in [-0.05, 0) is 37.1 Å². The number of fused-ring (bicyclic) bond motifs is 1. The molecule has 0 atom stereocenters. The Balaban J connectivity index is 1.59. The average molecular weight is 386 g/mol. The first kappa shape index (κ1) is 19.9. The minimum absolute atomic E-state index is 0.181. The molecule has 2 aromatic heterocycles.